The number of hydrogen-bond donors (Lipinski definition) is 3. The zero-order valence-corrected chi connectivity index (χ0v) is 21.8. The molecule has 10 heteroatoms. The fourth-order valence-corrected chi connectivity index (χ4v) is 5.58. The summed E-state index contributed by atoms with van der Waals surface area (Å²) in [6.07, 6.45) is -2.88. The minimum Gasteiger partial charge on any atom is -0.390 e. The van der Waals surface area contributed by atoms with Gasteiger partial charge in [0.15, 0.2) is 0 Å². The quantitative estimate of drug-likeness (QED) is 0.263. The number of alkyl halides is 3. The smallest absolute Gasteiger partial charge is 0.390 e. The van der Waals surface area contributed by atoms with E-state index in [0.29, 0.717) is 12.0 Å². The van der Waals surface area contributed by atoms with E-state index in [1.165, 1.54) is 5.56 Å². The van der Waals surface area contributed by atoms with Crippen LogP contribution in [0.1, 0.15) is 34.8 Å². The molecule has 1 aliphatic rings. The molecule has 6 nitrogen and oxygen atoms in total. The summed E-state index contributed by atoms with van der Waals surface area (Å²) in [6.45, 7) is 2.47. The predicted octanol–water partition coefficient (Wildman–Crippen LogP) is 4.55. The van der Waals surface area contributed by atoms with E-state index in [1.54, 1.807) is 11.9 Å². The van der Waals surface area contributed by atoms with Crippen molar-refractivity contribution in [2.75, 3.05) is 30.2 Å². The van der Waals surface area contributed by atoms with E-state index >= 15 is 0 Å². The molecule has 2 aromatic carbocycles. The topological polar surface area (TPSA) is 69.5 Å². The second-order valence-electron chi connectivity index (χ2n) is 9.32. The van der Waals surface area contributed by atoms with Gasteiger partial charge in [0, 0.05) is 49.6 Å². The van der Waals surface area contributed by atoms with Crippen molar-refractivity contribution >= 4 is 34.4 Å². The van der Waals surface area contributed by atoms with Crippen LogP contribution in [-0.2, 0) is 19.4 Å². The molecule has 0 aliphatic carbocycles. The highest BCUT2D eigenvalue weighted by Crippen LogP contribution is 2.38. The number of halogens is 3. The lowest BCUT2D eigenvalue weighted by molar-refractivity contribution is -0.133. The lowest BCUT2D eigenvalue weighted by Gasteiger charge is -2.25. The minimum atomic E-state index is -4.27. The van der Waals surface area contributed by atoms with Gasteiger partial charge in [-0.05, 0) is 55.0 Å². The van der Waals surface area contributed by atoms with Gasteiger partial charge in [0.1, 0.15) is 0 Å². The Kier molecular flexibility index (Phi) is 8.71. The van der Waals surface area contributed by atoms with Gasteiger partial charge >= 0.3 is 6.18 Å². The average molecular weight is 535 g/mol. The summed E-state index contributed by atoms with van der Waals surface area (Å²) in [6, 6.07) is 12.5. The standard InChI is InChI=1S/C27H33F3N4O2S/c1-3-34-17-19-9-12-37-33(2)22-14-20(15-23(34)25(19)22)26(36)32-21(13-18-7-5-4-6-8-18)24(35)16-31-11-10-27(28,29)30/h4-8,14-15,17,21,24,31,35H,3,9-13,16H2,1-2H3,(H,32,36)/t21-,24+/m0/s1. The maximum Gasteiger partial charge on any atom is 0.390 e. The third-order valence-corrected chi connectivity index (χ3v) is 7.63. The van der Waals surface area contributed by atoms with Crippen LogP contribution in [0, 0.1) is 0 Å². The van der Waals surface area contributed by atoms with E-state index in [0.717, 1.165) is 40.9 Å². The van der Waals surface area contributed by atoms with Gasteiger partial charge in [0.25, 0.3) is 5.91 Å². The Bertz CT molecular complexity index is 1220. The number of nitrogens with one attached hydrogen (secondary N) is 2. The summed E-state index contributed by atoms with van der Waals surface area (Å²) in [5.41, 5.74) is 4.61. The average Bonchev–Trinajstić information content (AvgIpc) is 3.14. The van der Waals surface area contributed by atoms with Gasteiger partial charge in [-0.1, -0.05) is 30.3 Å². The molecular weight excluding hydrogens is 501 g/mol. The fraction of sp³-hybridized carbons (Fsp3) is 0.444. The number of carbonyl (C=O) groups is 1. The van der Waals surface area contributed by atoms with Crippen LogP contribution in [0.2, 0.25) is 0 Å². The molecule has 4 rings (SSSR count). The number of hydrogen-bond acceptors (Lipinski definition) is 5. The number of carbonyl (C=O) groups excluding carboxylic acids is 1. The Labute approximate surface area is 219 Å². The van der Waals surface area contributed by atoms with Crippen molar-refractivity contribution in [3.8, 4) is 0 Å². The number of nitrogens with zero attached hydrogens (tertiary/aromatic N) is 2. The molecule has 3 N–H and O–H groups in total. The maximum absolute atomic E-state index is 13.5. The molecule has 37 heavy (non-hydrogen) atoms. The van der Waals surface area contributed by atoms with Gasteiger partial charge in [0.05, 0.1) is 29.8 Å². The highest BCUT2D eigenvalue weighted by Gasteiger charge is 2.28. The summed E-state index contributed by atoms with van der Waals surface area (Å²) >= 11 is 1.70. The molecule has 2 heterocycles. The Morgan fingerprint density at radius 3 is 2.68 bits per heavy atom. The molecule has 2 atom stereocenters. The SMILES string of the molecule is CCn1cc2c3c(cc(C(=O)N[C@@H](Cc4ccccc4)[C@H](O)CNCCC(F)(F)F)cc31)N(C)SCC2. The van der Waals surface area contributed by atoms with Gasteiger partial charge in [-0.3, -0.25) is 4.79 Å². The first-order chi connectivity index (χ1) is 17.7. The van der Waals surface area contributed by atoms with E-state index in [-0.39, 0.29) is 19.0 Å². The fourth-order valence-electron chi connectivity index (χ4n) is 4.71. The van der Waals surface area contributed by atoms with Crippen molar-refractivity contribution in [3.05, 3.63) is 65.4 Å². The molecule has 0 saturated carbocycles. The van der Waals surface area contributed by atoms with Crippen molar-refractivity contribution in [3.63, 3.8) is 0 Å². The van der Waals surface area contributed by atoms with Crippen molar-refractivity contribution in [1.29, 1.82) is 0 Å². The van der Waals surface area contributed by atoms with Crippen LogP contribution in [0.4, 0.5) is 18.9 Å². The molecule has 1 amide bonds. The summed E-state index contributed by atoms with van der Waals surface area (Å²) < 4.78 is 41.8. The molecule has 1 aromatic heterocycles. The van der Waals surface area contributed by atoms with Gasteiger partial charge in [-0.2, -0.15) is 13.2 Å². The molecule has 200 valence electrons. The summed E-state index contributed by atoms with van der Waals surface area (Å²) in [7, 11) is 1.99. The minimum absolute atomic E-state index is 0.0699. The third kappa shape index (κ3) is 6.80. The van der Waals surface area contributed by atoms with Crippen molar-refractivity contribution in [2.24, 2.45) is 0 Å². The monoisotopic (exact) mass is 534 g/mol. The number of benzene rings is 2. The Morgan fingerprint density at radius 2 is 1.97 bits per heavy atom. The van der Waals surface area contributed by atoms with Crippen molar-refractivity contribution in [1.82, 2.24) is 15.2 Å². The molecule has 0 unspecified atom stereocenters. The van der Waals surface area contributed by atoms with Gasteiger partial charge in [-0.15, -0.1) is 0 Å². The first kappa shape index (κ1) is 27.3. The molecule has 0 radical (unpaired) electrons. The lowest BCUT2D eigenvalue weighted by atomic mass is 10.00. The highest BCUT2D eigenvalue weighted by molar-refractivity contribution is 8.00. The van der Waals surface area contributed by atoms with E-state index in [2.05, 4.69) is 32.6 Å². The molecule has 3 aromatic rings. The number of aliphatic hydroxyl groups excluding tert-OH is 1. The number of aromatic nitrogens is 1. The van der Waals surface area contributed by atoms with Gasteiger partial charge in [-0.25, -0.2) is 0 Å². The molecule has 0 spiro atoms. The van der Waals surface area contributed by atoms with Crippen molar-refractivity contribution in [2.45, 2.75) is 51.1 Å². The van der Waals surface area contributed by atoms with E-state index in [4.69, 9.17) is 0 Å². The van der Waals surface area contributed by atoms with E-state index in [9.17, 15) is 23.1 Å². The highest BCUT2D eigenvalue weighted by atomic mass is 32.2. The van der Waals surface area contributed by atoms with Crippen LogP contribution >= 0.6 is 11.9 Å². The summed E-state index contributed by atoms with van der Waals surface area (Å²) in [5.74, 6) is 0.615. The summed E-state index contributed by atoms with van der Waals surface area (Å²) in [5, 5.41) is 17.7. The van der Waals surface area contributed by atoms with Gasteiger partial charge in [0.2, 0.25) is 0 Å². The normalized spacial score (nSPS) is 15.5. The number of aryl methyl sites for hydroxylation is 2. The number of aliphatic hydroxyl groups is 1. The second kappa shape index (κ2) is 11.8. The van der Waals surface area contributed by atoms with Gasteiger partial charge < -0.3 is 24.6 Å². The van der Waals surface area contributed by atoms with Crippen molar-refractivity contribution < 1.29 is 23.1 Å². The first-order valence-electron chi connectivity index (χ1n) is 12.5. The van der Waals surface area contributed by atoms with Crippen LogP contribution in [0.15, 0.2) is 48.7 Å². The van der Waals surface area contributed by atoms with Crippen LogP contribution in [0.3, 0.4) is 0 Å². The number of amides is 1. The third-order valence-electron chi connectivity index (χ3n) is 6.66. The molecule has 0 bridgehead atoms. The molecule has 1 aliphatic heterocycles. The van der Waals surface area contributed by atoms with Crippen LogP contribution < -0.4 is 14.9 Å². The molecule has 0 saturated heterocycles. The summed E-state index contributed by atoms with van der Waals surface area (Å²) in [4.78, 5) is 13.5. The zero-order valence-electron chi connectivity index (χ0n) is 21.0. The van der Waals surface area contributed by atoms with Crippen LogP contribution in [-0.4, -0.2) is 59.8 Å². The second-order valence-corrected chi connectivity index (χ2v) is 10.5. The van der Waals surface area contributed by atoms with Crippen LogP contribution in [0.25, 0.3) is 10.9 Å². The van der Waals surface area contributed by atoms with Crippen LogP contribution in [0.5, 0.6) is 0 Å². The Balaban J connectivity index is 1.57. The lowest BCUT2D eigenvalue weighted by Crippen LogP contribution is -2.49. The zero-order chi connectivity index (χ0) is 26.6. The predicted molar refractivity (Wildman–Crippen MR) is 143 cm³/mol. The largest absolute Gasteiger partial charge is 0.390 e. The van der Waals surface area contributed by atoms with E-state index < -0.39 is 24.7 Å². The Morgan fingerprint density at radius 1 is 1.22 bits per heavy atom. The molecular formula is C27H33F3N4O2S. The van der Waals surface area contributed by atoms with E-state index in [1.807, 2.05) is 49.5 Å². The molecule has 0 fully saturated rings. The number of rotatable bonds is 10. The Hall–Kier alpha value is -2.69. The first-order valence-corrected chi connectivity index (χ1v) is 13.4. The number of anilines is 1. The maximum atomic E-state index is 13.5.